The highest BCUT2D eigenvalue weighted by atomic mass is 19.4. The molecule has 246 valence electrons. The van der Waals surface area contributed by atoms with Gasteiger partial charge in [-0.15, -0.1) is 0 Å². The highest BCUT2D eigenvalue weighted by Crippen LogP contribution is 2.40. The van der Waals surface area contributed by atoms with Gasteiger partial charge in [-0.3, -0.25) is 9.59 Å². The van der Waals surface area contributed by atoms with Gasteiger partial charge in [-0.25, -0.2) is 13.2 Å². The van der Waals surface area contributed by atoms with E-state index in [1.165, 1.54) is 5.32 Å². The Morgan fingerprint density at radius 3 is 2.04 bits per heavy atom. The molecule has 0 aliphatic carbocycles. The van der Waals surface area contributed by atoms with Gasteiger partial charge < -0.3 is 10.6 Å². The van der Waals surface area contributed by atoms with Crippen LogP contribution in [0.1, 0.15) is 66.2 Å². The number of rotatable bonds is 7. The van der Waals surface area contributed by atoms with Crippen LogP contribution in [0.4, 0.5) is 52.7 Å². The number of hydrogen-bond acceptors (Lipinski definition) is 2. The largest absolute Gasteiger partial charge is 0.417 e. The number of nitrogens with one attached hydrogen (secondary N) is 2. The molecule has 2 N–H and O–H groups in total. The summed E-state index contributed by atoms with van der Waals surface area (Å²) in [6.07, 6.45) is -15.8. The summed E-state index contributed by atoms with van der Waals surface area (Å²) in [6, 6.07) is -0.224. The van der Waals surface area contributed by atoms with E-state index in [4.69, 9.17) is 0 Å². The quantitative estimate of drug-likeness (QED) is 0.235. The molecule has 0 saturated heterocycles. The molecule has 4 nitrogen and oxygen atoms in total. The van der Waals surface area contributed by atoms with Gasteiger partial charge in [0.2, 0.25) is 5.91 Å². The van der Waals surface area contributed by atoms with Gasteiger partial charge in [-0.05, 0) is 63.6 Å². The van der Waals surface area contributed by atoms with Crippen LogP contribution in [0.2, 0.25) is 0 Å². The Morgan fingerprint density at radius 2 is 1.53 bits per heavy atom. The summed E-state index contributed by atoms with van der Waals surface area (Å²) in [4.78, 5) is 24.2. The summed E-state index contributed by atoms with van der Waals surface area (Å²) in [5, 5.41) is 3.16. The maximum Gasteiger partial charge on any atom is 0.417 e. The molecule has 2 aromatic carbocycles. The normalized spacial score (nSPS) is 14.3. The van der Waals surface area contributed by atoms with Crippen molar-refractivity contribution in [1.82, 2.24) is 10.6 Å². The lowest BCUT2D eigenvalue weighted by atomic mass is 9.93. The summed E-state index contributed by atoms with van der Waals surface area (Å²) < 4.78 is 164. The summed E-state index contributed by atoms with van der Waals surface area (Å²) in [5.74, 6) is -6.49. The molecule has 16 heteroatoms. The first-order valence-corrected chi connectivity index (χ1v) is 12.6. The van der Waals surface area contributed by atoms with Gasteiger partial charge >= 0.3 is 18.5 Å². The minimum atomic E-state index is -5.41. The van der Waals surface area contributed by atoms with Crippen molar-refractivity contribution in [3.05, 3.63) is 75.9 Å². The van der Waals surface area contributed by atoms with Gasteiger partial charge in [0.15, 0.2) is 11.6 Å². The average Bonchev–Trinajstić information content (AvgIpc) is 2.88. The van der Waals surface area contributed by atoms with Gasteiger partial charge in [-0.2, -0.15) is 39.5 Å². The van der Waals surface area contributed by atoms with Crippen LogP contribution in [0.15, 0.2) is 36.4 Å². The van der Waals surface area contributed by atoms with Crippen molar-refractivity contribution in [2.24, 2.45) is 5.41 Å². The molecule has 45 heavy (non-hydrogen) atoms. The van der Waals surface area contributed by atoms with Crippen molar-refractivity contribution in [1.29, 1.82) is 0 Å². The van der Waals surface area contributed by atoms with Crippen molar-refractivity contribution >= 4 is 17.6 Å². The zero-order valence-corrected chi connectivity index (χ0v) is 23.7. The molecule has 0 heterocycles. The molecule has 0 radical (unpaired) electrons. The fourth-order valence-electron chi connectivity index (χ4n) is 3.56. The zero-order chi connectivity index (χ0) is 34.7. The molecule has 0 aromatic heterocycles. The molecule has 0 spiro atoms. The standard InChI is InChI=1S/C29H24F12N2O2/c1-14(24(44)42-13-27(33,34)35)43-25(45)18-6-5-15(10-20(18)29(39,40)41)21(30)12-19(28(36,37)38)17-9-16(7-8-26(2,3)4)23(32)22(31)11-17/h5-6,9-12,14,19H,13H2,1-4H3,(H,42,44)(H,43,45)/b21-12-/t14-,19?/m1/s1. The van der Waals surface area contributed by atoms with Gasteiger partial charge in [0, 0.05) is 11.0 Å². The summed E-state index contributed by atoms with van der Waals surface area (Å²) in [6.45, 7) is 3.80. The second-order valence-electron chi connectivity index (χ2n) is 10.7. The summed E-state index contributed by atoms with van der Waals surface area (Å²) >= 11 is 0. The lowest BCUT2D eigenvalue weighted by molar-refractivity contribution is -0.140. The first kappa shape index (κ1) is 37.0. The van der Waals surface area contributed by atoms with Crippen LogP contribution >= 0.6 is 0 Å². The van der Waals surface area contributed by atoms with Crippen molar-refractivity contribution in [2.45, 2.75) is 58.2 Å². The first-order valence-electron chi connectivity index (χ1n) is 12.6. The number of halogens is 12. The first-order chi connectivity index (χ1) is 20.3. The monoisotopic (exact) mass is 660 g/mol. The molecule has 0 fully saturated rings. The molecular weight excluding hydrogens is 636 g/mol. The molecule has 0 saturated carbocycles. The molecule has 0 aliphatic rings. The Hall–Kier alpha value is -4.16. The second kappa shape index (κ2) is 13.5. The Kier molecular flexibility index (Phi) is 11.1. The summed E-state index contributed by atoms with van der Waals surface area (Å²) in [5.41, 5.74) is -6.76. The van der Waals surface area contributed by atoms with Gasteiger partial charge in [0.05, 0.1) is 16.7 Å². The third kappa shape index (κ3) is 10.8. The van der Waals surface area contributed by atoms with Crippen LogP contribution in [0.5, 0.6) is 0 Å². The Labute approximate surface area is 248 Å². The highest BCUT2D eigenvalue weighted by molar-refractivity contribution is 5.99. The molecule has 2 rings (SSSR count). The van der Waals surface area contributed by atoms with Crippen LogP contribution in [0.25, 0.3) is 5.83 Å². The number of carbonyl (C=O) groups is 2. The Bertz CT molecular complexity index is 1520. The number of amides is 2. The van der Waals surface area contributed by atoms with E-state index in [0.717, 1.165) is 6.92 Å². The number of allylic oxidation sites excluding steroid dienone is 1. The lowest BCUT2D eigenvalue weighted by Crippen LogP contribution is -2.47. The fraction of sp³-hybridized carbons (Fsp3) is 0.379. The van der Waals surface area contributed by atoms with Crippen molar-refractivity contribution < 1.29 is 62.3 Å². The van der Waals surface area contributed by atoms with Crippen molar-refractivity contribution in [3.8, 4) is 11.8 Å². The SMILES string of the molecule is C[C@@H](NC(=O)c1ccc(/C(F)=C/C(c2cc(F)c(F)c(C#CC(C)(C)C)c2)C(F)(F)F)cc1C(F)(F)F)C(=O)NCC(F)(F)F. The molecule has 1 unspecified atom stereocenters. The predicted octanol–water partition coefficient (Wildman–Crippen LogP) is 7.83. The number of alkyl halides is 9. The highest BCUT2D eigenvalue weighted by Gasteiger charge is 2.41. The van der Waals surface area contributed by atoms with Crippen LogP contribution in [0.3, 0.4) is 0 Å². The molecule has 0 bridgehead atoms. The maximum atomic E-state index is 15.1. The van der Waals surface area contributed by atoms with E-state index in [0.29, 0.717) is 18.2 Å². The topological polar surface area (TPSA) is 58.2 Å². The second-order valence-corrected chi connectivity index (χ2v) is 10.7. The number of carbonyl (C=O) groups excluding carboxylic acids is 2. The average molecular weight is 660 g/mol. The lowest BCUT2D eigenvalue weighted by Gasteiger charge is -2.19. The molecule has 0 aliphatic heterocycles. The maximum absolute atomic E-state index is 15.1. The van der Waals surface area contributed by atoms with E-state index >= 15 is 4.39 Å². The summed E-state index contributed by atoms with van der Waals surface area (Å²) in [7, 11) is 0. The zero-order valence-electron chi connectivity index (χ0n) is 23.7. The van der Waals surface area contributed by atoms with E-state index in [1.807, 2.05) is 0 Å². The van der Waals surface area contributed by atoms with Gasteiger partial charge in [0.1, 0.15) is 24.3 Å². The van der Waals surface area contributed by atoms with E-state index in [1.54, 1.807) is 26.1 Å². The Balaban J connectivity index is 2.54. The molecular formula is C29H24F12N2O2. The van der Waals surface area contributed by atoms with Crippen LogP contribution in [0, 0.1) is 28.9 Å². The van der Waals surface area contributed by atoms with Crippen LogP contribution in [-0.2, 0) is 11.0 Å². The minimum Gasteiger partial charge on any atom is -0.345 e. The molecule has 2 amide bonds. The van der Waals surface area contributed by atoms with Crippen molar-refractivity contribution in [3.63, 3.8) is 0 Å². The third-order valence-corrected chi connectivity index (χ3v) is 5.70. The third-order valence-electron chi connectivity index (χ3n) is 5.70. The predicted molar refractivity (Wildman–Crippen MR) is 138 cm³/mol. The van der Waals surface area contributed by atoms with Gasteiger partial charge in [0.25, 0.3) is 5.91 Å². The number of hydrogen-bond donors (Lipinski definition) is 2. The Morgan fingerprint density at radius 1 is 0.933 bits per heavy atom. The van der Waals surface area contributed by atoms with Crippen LogP contribution < -0.4 is 10.6 Å². The fourth-order valence-corrected chi connectivity index (χ4v) is 3.56. The minimum absolute atomic E-state index is 0.00590. The smallest absolute Gasteiger partial charge is 0.345 e. The molecule has 2 aromatic rings. The van der Waals surface area contributed by atoms with Gasteiger partial charge in [-0.1, -0.05) is 17.9 Å². The van der Waals surface area contributed by atoms with Crippen LogP contribution in [-0.4, -0.2) is 36.8 Å². The van der Waals surface area contributed by atoms with Crippen molar-refractivity contribution in [2.75, 3.05) is 6.54 Å². The molecule has 2 atom stereocenters. The van der Waals surface area contributed by atoms with E-state index < -0.39 is 99.5 Å². The van der Waals surface area contributed by atoms with E-state index in [9.17, 15) is 57.9 Å². The van der Waals surface area contributed by atoms with E-state index in [2.05, 4.69) is 11.8 Å². The van der Waals surface area contributed by atoms with E-state index in [-0.39, 0.29) is 18.2 Å². The number of benzene rings is 2.